The predicted octanol–water partition coefficient (Wildman–Crippen LogP) is 1.58. The van der Waals surface area contributed by atoms with Crippen LogP contribution in [0.2, 0.25) is 5.02 Å². The van der Waals surface area contributed by atoms with Gasteiger partial charge in [-0.1, -0.05) is 11.6 Å². The number of aryl methyl sites for hydroxylation is 2. The van der Waals surface area contributed by atoms with Crippen LogP contribution in [0.1, 0.15) is 18.3 Å². The number of hydrogen-bond acceptors (Lipinski definition) is 3. The summed E-state index contributed by atoms with van der Waals surface area (Å²) in [6.07, 6.45) is -4.40. The Morgan fingerprint density at radius 3 is 2.71 bits per heavy atom. The van der Waals surface area contributed by atoms with Gasteiger partial charge in [0.15, 0.2) is 0 Å². The first-order valence-corrected chi connectivity index (χ1v) is 5.73. The van der Waals surface area contributed by atoms with Crippen LogP contribution >= 0.6 is 11.6 Å². The standard InChI is InChI=1S/C10H16ClF2N3O/c1-3-16-7(9(11)6(2)15-16)4-14-5-8(17)10(12)13/h8,10,14,17H,3-5H2,1-2H3. The molecule has 98 valence electrons. The van der Waals surface area contributed by atoms with Gasteiger partial charge in [-0.3, -0.25) is 4.68 Å². The SMILES string of the molecule is CCn1nc(C)c(Cl)c1CNCC(O)C(F)F. The molecule has 7 heteroatoms. The van der Waals surface area contributed by atoms with Crippen LogP contribution in [0.25, 0.3) is 0 Å². The Hall–Kier alpha value is -0.720. The van der Waals surface area contributed by atoms with Crippen LogP contribution in [0.15, 0.2) is 0 Å². The van der Waals surface area contributed by atoms with Crippen LogP contribution < -0.4 is 5.32 Å². The fourth-order valence-electron chi connectivity index (χ4n) is 1.47. The zero-order valence-corrected chi connectivity index (χ0v) is 10.5. The van der Waals surface area contributed by atoms with E-state index in [9.17, 15) is 8.78 Å². The first-order valence-electron chi connectivity index (χ1n) is 5.36. The van der Waals surface area contributed by atoms with Crippen molar-refractivity contribution < 1.29 is 13.9 Å². The third-order valence-electron chi connectivity index (χ3n) is 2.39. The number of aromatic nitrogens is 2. The molecule has 1 aromatic heterocycles. The monoisotopic (exact) mass is 267 g/mol. The molecule has 0 aliphatic rings. The number of nitrogens with one attached hydrogen (secondary N) is 1. The van der Waals surface area contributed by atoms with Gasteiger partial charge in [-0.15, -0.1) is 0 Å². The van der Waals surface area contributed by atoms with E-state index in [-0.39, 0.29) is 6.54 Å². The second kappa shape index (κ2) is 6.28. The van der Waals surface area contributed by atoms with Crippen LogP contribution in [0.5, 0.6) is 0 Å². The van der Waals surface area contributed by atoms with Crippen LogP contribution in [0, 0.1) is 6.92 Å². The molecular formula is C10H16ClF2N3O. The van der Waals surface area contributed by atoms with Crippen molar-refractivity contribution in [3.63, 3.8) is 0 Å². The summed E-state index contributed by atoms with van der Waals surface area (Å²) in [5.74, 6) is 0. The van der Waals surface area contributed by atoms with E-state index >= 15 is 0 Å². The molecule has 1 rings (SSSR count). The summed E-state index contributed by atoms with van der Waals surface area (Å²) in [5.41, 5.74) is 1.45. The molecule has 0 aliphatic heterocycles. The molecule has 1 heterocycles. The van der Waals surface area contributed by atoms with E-state index in [4.69, 9.17) is 16.7 Å². The lowest BCUT2D eigenvalue weighted by Gasteiger charge is -2.11. The molecule has 1 unspecified atom stereocenters. The highest BCUT2D eigenvalue weighted by atomic mass is 35.5. The molecule has 1 aromatic rings. The number of alkyl halides is 2. The minimum atomic E-state index is -2.74. The van der Waals surface area contributed by atoms with Crippen molar-refractivity contribution in [2.24, 2.45) is 0 Å². The van der Waals surface area contributed by atoms with Gasteiger partial charge in [-0.25, -0.2) is 8.78 Å². The number of halogens is 3. The second-order valence-electron chi connectivity index (χ2n) is 3.69. The van der Waals surface area contributed by atoms with E-state index in [0.717, 1.165) is 5.69 Å². The summed E-state index contributed by atoms with van der Waals surface area (Å²) >= 11 is 6.04. The molecule has 1 atom stereocenters. The normalized spacial score (nSPS) is 13.4. The molecule has 0 aliphatic carbocycles. The third kappa shape index (κ3) is 3.62. The average Bonchev–Trinajstić information content (AvgIpc) is 2.56. The fraction of sp³-hybridized carbons (Fsp3) is 0.700. The molecule has 0 bridgehead atoms. The molecule has 17 heavy (non-hydrogen) atoms. The Labute approximate surface area is 104 Å². The molecule has 0 amide bonds. The zero-order chi connectivity index (χ0) is 13.0. The highest BCUT2D eigenvalue weighted by Gasteiger charge is 2.17. The van der Waals surface area contributed by atoms with Crippen molar-refractivity contribution in [1.82, 2.24) is 15.1 Å². The Bertz CT molecular complexity index is 371. The minimum Gasteiger partial charge on any atom is -0.386 e. The summed E-state index contributed by atoms with van der Waals surface area (Å²) in [4.78, 5) is 0. The number of nitrogens with zero attached hydrogens (tertiary/aromatic N) is 2. The molecule has 4 nitrogen and oxygen atoms in total. The molecule has 0 aromatic carbocycles. The van der Waals surface area contributed by atoms with Crippen molar-refractivity contribution in [2.45, 2.75) is 39.5 Å². The van der Waals surface area contributed by atoms with E-state index in [0.29, 0.717) is 23.8 Å². The average molecular weight is 268 g/mol. The van der Waals surface area contributed by atoms with E-state index in [1.165, 1.54) is 0 Å². The quantitative estimate of drug-likeness (QED) is 0.823. The van der Waals surface area contributed by atoms with Crippen LogP contribution in [0.4, 0.5) is 8.78 Å². The Morgan fingerprint density at radius 1 is 1.53 bits per heavy atom. The number of hydrogen-bond donors (Lipinski definition) is 2. The third-order valence-corrected chi connectivity index (χ3v) is 2.88. The van der Waals surface area contributed by atoms with E-state index in [1.54, 1.807) is 11.6 Å². The van der Waals surface area contributed by atoms with Gasteiger partial charge in [0.05, 0.1) is 16.4 Å². The summed E-state index contributed by atoms with van der Waals surface area (Å²) in [5, 5.41) is 16.4. The molecule has 0 fully saturated rings. The molecule has 0 radical (unpaired) electrons. The van der Waals surface area contributed by atoms with Crippen molar-refractivity contribution in [3.8, 4) is 0 Å². The van der Waals surface area contributed by atoms with Gasteiger partial charge < -0.3 is 10.4 Å². The summed E-state index contributed by atoms with van der Waals surface area (Å²) in [7, 11) is 0. The lowest BCUT2D eigenvalue weighted by atomic mass is 10.3. The maximum Gasteiger partial charge on any atom is 0.265 e. The van der Waals surface area contributed by atoms with Crippen molar-refractivity contribution in [3.05, 3.63) is 16.4 Å². The first kappa shape index (κ1) is 14.3. The Balaban J connectivity index is 2.57. The minimum absolute atomic E-state index is 0.179. The topological polar surface area (TPSA) is 50.1 Å². The number of aliphatic hydroxyl groups is 1. The lowest BCUT2D eigenvalue weighted by Crippen LogP contribution is -2.32. The van der Waals surface area contributed by atoms with Gasteiger partial charge in [0, 0.05) is 19.6 Å². The van der Waals surface area contributed by atoms with Crippen LogP contribution in [-0.2, 0) is 13.1 Å². The number of aliphatic hydroxyl groups excluding tert-OH is 1. The summed E-state index contributed by atoms with van der Waals surface area (Å²) < 4.78 is 25.8. The molecule has 0 spiro atoms. The van der Waals surface area contributed by atoms with Gasteiger partial charge in [0.2, 0.25) is 0 Å². The lowest BCUT2D eigenvalue weighted by molar-refractivity contribution is -0.00347. The molecule has 2 N–H and O–H groups in total. The van der Waals surface area contributed by atoms with Gasteiger partial charge in [-0.2, -0.15) is 5.10 Å². The number of rotatable bonds is 6. The van der Waals surface area contributed by atoms with Gasteiger partial charge in [0.25, 0.3) is 6.43 Å². The smallest absolute Gasteiger partial charge is 0.265 e. The maximum absolute atomic E-state index is 12.0. The van der Waals surface area contributed by atoms with Gasteiger partial charge in [-0.05, 0) is 13.8 Å². The van der Waals surface area contributed by atoms with Crippen molar-refractivity contribution >= 4 is 11.6 Å². The summed E-state index contributed by atoms with van der Waals surface area (Å²) in [6, 6.07) is 0. The fourth-order valence-corrected chi connectivity index (χ4v) is 1.67. The van der Waals surface area contributed by atoms with Gasteiger partial charge >= 0.3 is 0 Å². The van der Waals surface area contributed by atoms with E-state index < -0.39 is 12.5 Å². The van der Waals surface area contributed by atoms with Crippen LogP contribution in [0.3, 0.4) is 0 Å². The summed E-state index contributed by atoms with van der Waals surface area (Å²) in [6.45, 7) is 4.48. The van der Waals surface area contributed by atoms with E-state index in [2.05, 4.69) is 10.4 Å². The highest BCUT2D eigenvalue weighted by molar-refractivity contribution is 6.31. The van der Waals surface area contributed by atoms with E-state index in [1.807, 2.05) is 6.92 Å². The molecule has 0 saturated heterocycles. The van der Waals surface area contributed by atoms with Gasteiger partial charge in [0.1, 0.15) is 6.10 Å². The Morgan fingerprint density at radius 2 is 2.18 bits per heavy atom. The largest absolute Gasteiger partial charge is 0.386 e. The second-order valence-corrected chi connectivity index (χ2v) is 4.07. The molecule has 0 saturated carbocycles. The van der Waals surface area contributed by atoms with Crippen molar-refractivity contribution in [2.75, 3.05) is 6.54 Å². The predicted molar refractivity (Wildman–Crippen MR) is 61.4 cm³/mol. The zero-order valence-electron chi connectivity index (χ0n) is 9.75. The highest BCUT2D eigenvalue weighted by Crippen LogP contribution is 2.19. The van der Waals surface area contributed by atoms with Crippen LogP contribution in [-0.4, -0.2) is 34.0 Å². The molecular weight excluding hydrogens is 252 g/mol. The van der Waals surface area contributed by atoms with Crippen molar-refractivity contribution in [1.29, 1.82) is 0 Å². The first-order chi connectivity index (χ1) is 7.97. The Kier molecular flexibility index (Phi) is 5.30. The maximum atomic E-state index is 12.0.